The summed E-state index contributed by atoms with van der Waals surface area (Å²) in [6, 6.07) is 17.1. The Bertz CT molecular complexity index is 1180. The summed E-state index contributed by atoms with van der Waals surface area (Å²) in [5, 5.41) is 11.3. The summed E-state index contributed by atoms with van der Waals surface area (Å²) in [6.45, 7) is 8.75. The first-order chi connectivity index (χ1) is 20.0. The molecular formula is C32H46N6O4. The lowest BCUT2D eigenvalue weighted by Crippen LogP contribution is -2.59. The maximum atomic E-state index is 13.9. The Kier molecular flexibility index (Phi) is 11.9. The molecule has 0 spiro atoms. The van der Waals surface area contributed by atoms with Crippen LogP contribution in [-0.4, -0.2) is 84.9 Å². The van der Waals surface area contributed by atoms with Crippen molar-refractivity contribution in [3.8, 4) is 0 Å². The summed E-state index contributed by atoms with van der Waals surface area (Å²) in [7, 11) is 1.70. The van der Waals surface area contributed by atoms with Crippen molar-refractivity contribution in [2.24, 2.45) is 5.41 Å². The van der Waals surface area contributed by atoms with Crippen LogP contribution in [0.3, 0.4) is 0 Å². The predicted molar refractivity (Wildman–Crippen MR) is 165 cm³/mol. The zero-order valence-electron chi connectivity index (χ0n) is 25.5. The molecule has 42 heavy (non-hydrogen) atoms. The SMILES string of the molecule is CN[C@@H](C)C(=O)N[C@H](C(=O)N1CCC[C@H]1CN(CCc1ccccc1)C(=O)CNC(=O)Nc1ccccc1)C(C)(C)C. The zero-order valence-corrected chi connectivity index (χ0v) is 25.5. The van der Waals surface area contributed by atoms with Gasteiger partial charge in [-0.05, 0) is 56.3 Å². The number of benzene rings is 2. The van der Waals surface area contributed by atoms with Gasteiger partial charge in [-0.3, -0.25) is 14.4 Å². The van der Waals surface area contributed by atoms with Gasteiger partial charge in [-0.15, -0.1) is 0 Å². The van der Waals surface area contributed by atoms with Crippen LogP contribution in [0.4, 0.5) is 10.5 Å². The lowest BCUT2D eigenvalue weighted by Gasteiger charge is -2.37. The van der Waals surface area contributed by atoms with Crippen molar-refractivity contribution in [2.75, 3.05) is 38.5 Å². The molecule has 0 radical (unpaired) electrons. The summed E-state index contributed by atoms with van der Waals surface area (Å²) in [5.74, 6) is -0.601. The van der Waals surface area contributed by atoms with E-state index >= 15 is 0 Å². The Morgan fingerprint density at radius 1 is 1.00 bits per heavy atom. The van der Waals surface area contributed by atoms with Gasteiger partial charge in [0.2, 0.25) is 17.7 Å². The quantitative estimate of drug-likeness (QED) is 0.308. The molecular weight excluding hydrogens is 532 g/mol. The maximum absolute atomic E-state index is 13.9. The zero-order chi connectivity index (χ0) is 30.7. The van der Waals surface area contributed by atoms with Crippen molar-refractivity contribution >= 4 is 29.4 Å². The fraction of sp³-hybridized carbons (Fsp3) is 0.500. The topological polar surface area (TPSA) is 123 Å². The molecule has 1 aliphatic rings. The molecule has 1 saturated heterocycles. The van der Waals surface area contributed by atoms with Crippen LogP contribution in [0.15, 0.2) is 60.7 Å². The summed E-state index contributed by atoms with van der Waals surface area (Å²) in [6.07, 6.45) is 2.21. The first-order valence-corrected chi connectivity index (χ1v) is 14.7. The number of nitrogens with zero attached hydrogens (tertiary/aromatic N) is 2. The lowest BCUT2D eigenvalue weighted by molar-refractivity contribution is -0.142. The van der Waals surface area contributed by atoms with Crippen molar-refractivity contribution in [1.29, 1.82) is 0 Å². The van der Waals surface area contributed by atoms with Gasteiger partial charge < -0.3 is 31.1 Å². The van der Waals surface area contributed by atoms with E-state index in [9.17, 15) is 19.2 Å². The van der Waals surface area contributed by atoms with E-state index in [1.54, 1.807) is 31.0 Å². The molecule has 0 aliphatic carbocycles. The highest BCUT2D eigenvalue weighted by Crippen LogP contribution is 2.26. The number of amides is 5. The molecule has 10 nitrogen and oxygen atoms in total. The van der Waals surface area contributed by atoms with E-state index < -0.39 is 23.5 Å². The molecule has 0 unspecified atom stereocenters. The number of carbonyl (C=O) groups is 4. The standard InChI is InChI=1S/C32H46N6O4/c1-23(33-5)29(40)36-28(32(2,3)4)30(41)38-19-12-17-26(38)22-37(20-18-24-13-8-6-9-14-24)27(39)21-34-31(42)35-25-15-10-7-11-16-25/h6-11,13-16,23,26,28,33H,12,17-22H2,1-5H3,(H,36,40)(H2,34,35,42)/t23-,26-,28+/m0/s1. The van der Waals surface area contributed by atoms with E-state index in [1.807, 2.05) is 74.2 Å². The molecule has 5 amide bonds. The minimum Gasteiger partial charge on any atom is -0.342 e. The van der Waals surface area contributed by atoms with E-state index in [0.29, 0.717) is 31.7 Å². The van der Waals surface area contributed by atoms with Crippen LogP contribution in [0.5, 0.6) is 0 Å². The Morgan fingerprint density at radius 3 is 2.26 bits per heavy atom. The van der Waals surface area contributed by atoms with E-state index in [0.717, 1.165) is 18.4 Å². The van der Waals surface area contributed by atoms with E-state index in [1.165, 1.54) is 0 Å². The number of hydrogen-bond acceptors (Lipinski definition) is 5. The molecule has 1 aliphatic heterocycles. The third-order valence-electron chi connectivity index (χ3n) is 7.61. The monoisotopic (exact) mass is 578 g/mol. The number of carbonyl (C=O) groups excluding carboxylic acids is 4. The van der Waals surface area contributed by atoms with Gasteiger partial charge >= 0.3 is 6.03 Å². The third-order valence-corrected chi connectivity index (χ3v) is 7.61. The van der Waals surface area contributed by atoms with Crippen LogP contribution < -0.4 is 21.3 Å². The lowest BCUT2D eigenvalue weighted by atomic mass is 9.85. The van der Waals surface area contributed by atoms with Crippen LogP contribution in [0, 0.1) is 5.41 Å². The fourth-order valence-electron chi connectivity index (χ4n) is 4.97. The van der Waals surface area contributed by atoms with Crippen molar-refractivity contribution in [2.45, 2.75) is 65.1 Å². The molecule has 228 valence electrons. The summed E-state index contributed by atoms with van der Waals surface area (Å²) < 4.78 is 0. The average molecular weight is 579 g/mol. The summed E-state index contributed by atoms with van der Waals surface area (Å²) in [4.78, 5) is 56.1. The van der Waals surface area contributed by atoms with Crippen LogP contribution in [0.25, 0.3) is 0 Å². The van der Waals surface area contributed by atoms with E-state index in [-0.39, 0.29) is 30.3 Å². The molecule has 3 rings (SSSR count). The number of para-hydroxylation sites is 1. The first-order valence-electron chi connectivity index (χ1n) is 14.7. The number of likely N-dealkylation sites (N-methyl/N-ethyl adjacent to an activating group) is 1. The second-order valence-corrected chi connectivity index (χ2v) is 11.9. The van der Waals surface area contributed by atoms with Gasteiger partial charge in [-0.1, -0.05) is 69.3 Å². The van der Waals surface area contributed by atoms with Gasteiger partial charge in [-0.2, -0.15) is 0 Å². The predicted octanol–water partition coefficient (Wildman–Crippen LogP) is 3.01. The molecule has 4 N–H and O–H groups in total. The highest BCUT2D eigenvalue weighted by atomic mass is 16.2. The van der Waals surface area contributed by atoms with Gasteiger partial charge in [0.15, 0.2) is 0 Å². The number of urea groups is 1. The van der Waals surface area contributed by atoms with Crippen LogP contribution >= 0.6 is 0 Å². The van der Waals surface area contributed by atoms with E-state index in [2.05, 4.69) is 21.3 Å². The van der Waals surface area contributed by atoms with E-state index in [4.69, 9.17) is 0 Å². The third kappa shape index (κ3) is 9.58. The molecule has 3 atom stereocenters. The second kappa shape index (κ2) is 15.3. The number of likely N-dealkylation sites (tertiary alicyclic amines) is 1. The van der Waals surface area contributed by atoms with Crippen LogP contribution in [0.1, 0.15) is 46.1 Å². The molecule has 2 aromatic carbocycles. The second-order valence-electron chi connectivity index (χ2n) is 11.9. The Labute approximate surface area is 249 Å². The van der Waals surface area contributed by atoms with Gasteiger partial charge in [0, 0.05) is 31.4 Å². The van der Waals surface area contributed by atoms with Crippen LogP contribution in [0.2, 0.25) is 0 Å². The van der Waals surface area contributed by atoms with Gasteiger partial charge in [-0.25, -0.2) is 4.79 Å². The first kappa shape index (κ1) is 32.6. The average Bonchev–Trinajstić information content (AvgIpc) is 3.44. The number of hydrogen-bond donors (Lipinski definition) is 4. The number of nitrogens with one attached hydrogen (secondary N) is 4. The van der Waals surface area contributed by atoms with Crippen molar-refractivity contribution < 1.29 is 19.2 Å². The molecule has 10 heteroatoms. The highest BCUT2D eigenvalue weighted by molar-refractivity contribution is 5.92. The van der Waals surface area contributed by atoms with Gasteiger partial charge in [0.05, 0.1) is 12.6 Å². The molecule has 2 aromatic rings. The highest BCUT2D eigenvalue weighted by Gasteiger charge is 2.40. The van der Waals surface area contributed by atoms with Crippen LogP contribution in [-0.2, 0) is 20.8 Å². The summed E-state index contributed by atoms with van der Waals surface area (Å²) in [5.41, 5.74) is 1.22. The number of anilines is 1. The smallest absolute Gasteiger partial charge is 0.319 e. The van der Waals surface area contributed by atoms with Gasteiger partial charge in [0.25, 0.3) is 0 Å². The van der Waals surface area contributed by atoms with Gasteiger partial charge in [0.1, 0.15) is 6.04 Å². The Hall–Kier alpha value is -3.92. The molecule has 1 fully saturated rings. The maximum Gasteiger partial charge on any atom is 0.319 e. The molecule has 0 bridgehead atoms. The van der Waals surface area contributed by atoms with Crippen molar-refractivity contribution in [3.63, 3.8) is 0 Å². The fourth-order valence-corrected chi connectivity index (χ4v) is 4.97. The Balaban J connectivity index is 1.72. The largest absolute Gasteiger partial charge is 0.342 e. The number of rotatable bonds is 12. The minimum atomic E-state index is -0.710. The molecule has 0 aromatic heterocycles. The van der Waals surface area contributed by atoms with Crippen molar-refractivity contribution in [1.82, 2.24) is 25.8 Å². The molecule has 0 saturated carbocycles. The Morgan fingerprint density at radius 2 is 1.64 bits per heavy atom. The normalized spacial score (nSPS) is 16.3. The summed E-state index contributed by atoms with van der Waals surface area (Å²) >= 11 is 0. The molecule has 1 heterocycles. The minimum absolute atomic E-state index is 0.141. The van der Waals surface area contributed by atoms with Crippen molar-refractivity contribution in [3.05, 3.63) is 66.2 Å².